The number of ether oxygens (including phenoxy) is 1. The first-order valence-electron chi connectivity index (χ1n) is 11.2. The lowest BCUT2D eigenvalue weighted by Gasteiger charge is -2.25. The Kier molecular flexibility index (Phi) is 7.02. The van der Waals surface area contributed by atoms with Gasteiger partial charge in [0.2, 0.25) is 0 Å². The third-order valence-electron chi connectivity index (χ3n) is 5.87. The van der Waals surface area contributed by atoms with Crippen LogP contribution in [0.5, 0.6) is 0 Å². The van der Waals surface area contributed by atoms with Gasteiger partial charge in [0.05, 0.1) is 12.2 Å². The molecule has 0 unspecified atom stereocenters. The molecule has 3 N–H and O–H groups in total. The number of anilines is 1. The molecule has 0 saturated heterocycles. The Morgan fingerprint density at radius 2 is 1.91 bits per heavy atom. The molecule has 1 aliphatic rings. The van der Waals surface area contributed by atoms with Crippen LogP contribution in [-0.4, -0.2) is 24.5 Å². The van der Waals surface area contributed by atoms with Gasteiger partial charge >= 0.3 is 5.97 Å². The molecular weight excluding hydrogens is 420 g/mol. The minimum atomic E-state index is -0.418. The van der Waals surface area contributed by atoms with Gasteiger partial charge in [0.15, 0.2) is 6.04 Å². The molecule has 0 bridgehead atoms. The molecule has 6 heteroatoms. The molecule has 1 aliphatic carbocycles. The lowest BCUT2D eigenvalue weighted by molar-refractivity contribution is -0.714. The maximum atomic E-state index is 13.1. The van der Waals surface area contributed by atoms with E-state index < -0.39 is 5.97 Å². The topological polar surface area (TPSA) is 72.0 Å². The Hall–Kier alpha value is -2.96. The summed E-state index contributed by atoms with van der Waals surface area (Å²) in [5.41, 5.74) is 4.11. The second-order valence-corrected chi connectivity index (χ2v) is 9.16. The predicted molar refractivity (Wildman–Crippen MR) is 128 cm³/mol. The van der Waals surface area contributed by atoms with Crippen molar-refractivity contribution in [3.05, 3.63) is 77.4 Å². The first-order valence-corrected chi connectivity index (χ1v) is 12.0. The normalized spacial score (nSPS) is 16.1. The van der Waals surface area contributed by atoms with E-state index in [1.807, 2.05) is 37.3 Å². The van der Waals surface area contributed by atoms with E-state index in [4.69, 9.17) is 4.74 Å². The zero-order valence-corrected chi connectivity index (χ0v) is 19.3. The molecule has 32 heavy (non-hydrogen) atoms. The van der Waals surface area contributed by atoms with Crippen molar-refractivity contribution >= 4 is 28.2 Å². The smallest absolute Gasteiger partial charge is 0.341 e. The van der Waals surface area contributed by atoms with Crippen molar-refractivity contribution in [1.29, 1.82) is 0 Å². The van der Waals surface area contributed by atoms with Crippen LogP contribution in [0, 0.1) is 0 Å². The first-order chi connectivity index (χ1) is 15.6. The van der Waals surface area contributed by atoms with Crippen molar-refractivity contribution < 1.29 is 19.6 Å². The highest BCUT2D eigenvalue weighted by Gasteiger charge is 2.28. The van der Waals surface area contributed by atoms with Crippen LogP contribution in [0.1, 0.15) is 54.2 Å². The molecule has 0 saturated carbocycles. The minimum Gasteiger partial charge on any atom is -0.462 e. The molecule has 2 atom stereocenters. The van der Waals surface area contributed by atoms with Crippen LogP contribution < -0.4 is 10.6 Å². The Morgan fingerprint density at radius 1 is 1.16 bits per heavy atom. The molecule has 1 amide bonds. The lowest BCUT2D eigenvalue weighted by Crippen LogP contribution is -2.92. The van der Waals surface area contributed by atoms with Crippen molar-refractivity contribution in [2.45, 2.75) is 45.2 Å². The number of carbonyl (C=O) groups is 2. The number of hydrogen-bond acceptors (Lipinski definition) is 4. The van der Waals surface area contributed by atoms with Crippen LogP contribution in [0.3, 0.4) is 0 Å². The number of hydrogen-bond donors (Lipinski definition) is 2. The maximum Gasteiger partial charge on any atom is 0.341 e. The van der Waals surface area contributed by atoms with Gasteiger partial charge in [-0.15, -0.1) is 11.3 Å². The average molecular weight is 450 g/mol. The minimum absolute atomic E-state index is 0.111. The van der Waals surface area contributed by atoms with E-state index in [1.165, 1.54) is 22.5 Å². The van der Waals surface area contributed by atoms with Gasteiger partial charge in [-0.05, 0) is 43.9 Å². The van der Waals surface area contributed by atoms with E-state index in [2.05, 4.69) is 34.9 Å². The molecule has 0 fully saturated rings. The number of rotatable bonds is 7. The van der Waals surface area contributed by atoms with E-state index in [-0.39, 0.29) is 24.6 Å². The van der Waals surface area contributed by atoms with E-state index in [9.17, 15) is 9.59 Å². The fraction of sp³-hybridized carbons (Fsp3) is 0.308. The van der Waals surface area contributed by atoms with E-state index in [0.717, 1.165) is 29.7 Å². The number of fused-ring (bicyclic) bond motifs is 1. The Balaban J connectivity index is 1.52. The van der Waals surface area contributed by atoms with Crippen LogP contribution in [0.15, 0.2) is 60.7 Å². The van der Waals surface area contributed by atoms with Gasteiger partial charge in [-0.3, -0.25) is 4.79 Å². The van der Waals surface area contributed by atoms with Crippen LogP contribution in [0.2, 0.25) is 0 Å². The SMILES string of the molecule is CCOC(=O)c1cc(-c2ccccc2)sc1NC(=O)[C@@H](C)[NH2+][C@@H]1CCCc2ccccc21. The molecule has 0 aliphatic heterocycles. The molecule has 1 aromatic heterocycles. The van der Waals surface area contributed by atoms with Crippen molar-refractivity contribution in [2.24, 2.45) is 0 Å². The molecular formula is C26H29N2O3S+. The summed E-state index contributed by atoms with van der Waals surface area (Å²) in [6.45, 7) is 3.98. The van der Waals surface area contributed by atoms with Crippen LogP contribution in [0.4, 0.5) is 5.00 Å². The number of quaternary nitrogens is 1. The summed E-state index contributed by atoms with van der Waals surface area (Å²) < 4.78 is 5.23. The summed E-state index contributed by atoms with van der Waals surface area (Å²) >= 11 is 1.40. The third kappa shape index (κ3) is 4.92. The fourth-order valence-electron chi connectivity index (χ4n) is 4.24. The van der Waals surface area contributed by atoms with Crippen molar-refractivity contribution in [3.63, 3.8) is 0 Å². The molecule has 3 aromatic rings. The second-order valence-electron chi connectivity index (χ2n) is 8.11. The van der Waals surface area contributed by atoms with Gasteiger partial charge in [0.1, 0.15) is 11.0 Å². The van der Waals surface area contributed by atoms with E-state index >= 15 is 0 Å². The highest BCUT2D eigenvalue weighted by Crippen LogP contribution is 2.36. The monoisotopic (exact) mass is 449 g/mol. The van der Waals surface area contributed by atoms with E-state index in [1.54, 1.807) is 13.0 Å². The number of carbonyl (C=O) groups excluding carboxylic acids is 2. The molecule has 4 rings (SSSR count). The maximum absolute atomic E-state index is 13.1. The van der Waals surface area contributed by atoms with Gasteiger partial charge in [0.25, 0.3) is 5.91 Å². The Labute approximate surface area is 192 Å². The summed E-state index contributed by atoms with van der Waals surface area (Å²) in [4.78, 5) is 26.5. The Bertz CT molecular complexity index is 1090. The quantitative estimate of drug-likeness (QED) is 0.520. The number of thiophene rings is 1. The molecule has 1 heterocycles. The van der Waals surface area contributed by atoms with Crippen LogP contribution >= 0.6 is 11.3 Å². The molecule has 166 valence electrons. The summed E-state index contributed by atoms with van der Waals surface area (Å²) in [7, 11) is 0. The third-order valence-corrected chi connectivity index (χ3v) is 6.97. The number of nitrogens with two attached hydrogens (primary N) is 1. The highest BCUT2D eigenvalue weighted by atomic mass is 32.1. The van der Waals surface area contributed by atoms with E-state index in [0.29, 0.717) is 10.6 Å². The average Bonchev–Trinajstić information content (AvgIpc) is 3.24. The highest BCUT2D eigenvalue weighted by molar-refractivity contribution is 7.20. The van der Waals surface area contributed by atoms with Gasteiger partial charge in [0, 0.05) is 16.9 Å². The largest absolute Gasteiger partial charge is 0.462 e. The van der Waals surface area contributed by atoms with Gasteiger partial charge < -0.3 is 15.4 Å². The Morgan fingerprint density at radius 3 is 2.69 bits per heavy atom. The second kappa shape index (κ2) is 10.1. The molecule has 0 radical (unpaired) electrons. The van der Waals surface area contributed by atoms with Crippen molar-refractivity contribution in [2.75, 3.05) is 11.9 Å². The molecule has 2 aromatic carbocycles. The predicted octanol–water partition coefficient (Wildman–Crippen LogP) is 4.56. The number of esters is 1. The summed E-state index contributed by atoms with van der Waals surface area (Å²) in [5.74, 6) is -0.529. The zero-order valence-electron chi connectivity index (χ0n) is 18.5. The lowest BCUT2D eigenvalue weighted by atomic mass is 9.87. The van der Waals surface area contributed by atoms with Crippen LogP contribution in [-0.2, 0) is 16.0 Å². The van der Waals surface area contributed by atoms with Crippen molar-refractivity contribution in [3.8, 4) is 10.4 Å². The standard InChI is InChI=1S/C26H28N2O3S/c1-3-31-26(30)21-16-23(19-11-5-4-6-12-19)32-25(21)28-24(29)17(2)27-22-15-9-13-18-10-7-8-14-20(18)22/h4-8,10-12,14,16-17,22,27H,3,9,13,15H2,1-2H3,(H,28,29)/p+1/t17-,22-/m1/s1. The van der Waals surface area contributed by atoms with Gasteiger partial charge in [-0.2, -0.15) is 0 Å². The van der Waals surface area contributed by atoms with Gasteiger partial charge in [-0.1, -0.05) is 54.6 Å². The summed E-state index contributed by atoms with van der Waals surface area (Å²) in [6, 6.07) is 20.1. The molecule has 5 nitrogen and oxygen atoms in total. The van der Waals surface area contributed by atoms with Crippen molar-refractivity contribution in [1.82, 2.24) is 0 Å². The number of amides is 1. The number of aryl methyl sites for hydroxylation is 1. The molecule has 0 spiro atoms. The van der Waals surface area contributed by atoms with Crippen LogP contribution in [0.25, 0.3) is 10.4 Å². The summed E-state index contributed by atoms with van der Waals surface area (Å²) in [5, 5.41) is 5.68. The number of benzene rings is 2. The zero-order chi connectivity index (χ0) is 22.5. The number of nitrogens with one attached hydrogen (secondary N) is 1. The fourth-order valence-corrected chi connectivity index (χ4v) is 5.30. The first kappa shape index (κ1) is 22.2. The summed E-state index contributed by atoms with van der Waals surface area (Å²) in [6.07, 6.45) is 3.28. The van der Waals surface area contributed by atoms with Gasteiger partial charge in [-0.25, -0.2) is 4.79 Å².